The third kappa shape index (κ3) is 2.49. The molecule has 1 aliphatic rings. The molecule has 2 nitrogen and oxygen atoms in total. The fourth-order valence-electron chi connectivity index (χ4n) is 1.95. The summed E-state index contributed by atoms with van der Waals surface area (Å²) in [6, 6.07) is 3.22. The average molecular weight is 166 g/mol. The van der Waals surface area contributed by atoms with Crippen LogP contribution in [0.15, 0.2) is 0 Å². The summed E-state index contributed by atoms with van der Waals surface area (Å²) in [5.74, 6) is 0.797. The van der Waals surface area contributed by atoms with Gasteiger partial charge < -0.3 is 5.32 Å². The molecule has 1 saturated carbocycles. The van der Waals surface area contributed by atoms with Gasteiger partial charge in [-0.3, -0.25) is 0 Å². The molecule has 0 amide bonds. The van der Waals surface area contributed by atoms with E-state index >= 15 is 0 Å². The molecule has 1 N–H and O–H groups in total. The normalized spacial score (nSPS) is 31.4. The van der Waals surface area contributed by atoms with Gasteiger partial charge in [0.25, 0.3) is 0 Å². The van der Waals surface area contributed by atoms with Crippen LogP contribution in [0.4, 0.5) is 0 Å². The van der Waals surface area contributed by atoms with Crippen LogP contribution in [-0.4, -0.2) is 12.1 Å². The van der Waals surface area contributed by atoms with Crippen LogP contribution in [-0.2, 0) is 0 Å². The molecule has 0 bridgehead atoms. The highest BCUT2D eigenvalue weighted by atomic mass is 15.0. The molecule has 1 rings (SSSR count). The van der Waals surface area contributed by atoms with E-state index in [-0.39, 0.29) is 0 Å². The maximum absolute atomic E-state index is 8.49. The molecule has 0 radical (unpaired) electrons. The molecule has 0 aromatic heterocycles. The Bertz CT molecular complexity index is 171. The number of nitrogens with one attached hydrogen (secondary N) is 1. The van der Waals surface area contributed by atoms with Gasteiger partial charge in [0.15, 0.2) is 0 Å². The smallest absolute Gasteiger partial charge is 0.0638 e. The van der Waals surface area contributed by atoms with Crippen molar-refractivity contribution >= 4 is 0 Å². The Morgan fingerprint density at radius 1 is 1.58 bits per heavy atom. The van der Waals surface area contributed by atoms with E-state index in [1.165, 1.54) is 19.3 Å². The molecule has 3 atom stereocenters. The molecule has 0 spiro atoms. The van der Waals surface area contributed by atoms with E-state index in [2.05, 4.69) is 25.2 Å². The first-order valence-corrected chi connectivity index (χ1v) is 4.87. The molecular weight excluding hydrogens is 148 g/mol. The van der Waals surface area contributed by atoms with E-state index in [1.807, 2.05) is 0 Å². The first kappa shape index (κ1) is 9.54. The molecule has 1 fully saturated rings. The Balaban J connectivity index is 2.26. The molecule has 3 unspecified atom stereocenters. The molecule has 68 valence electrons. The summed E-state index contributed by atoms with van der Waals surface area (Å²) in [4.78, 5) is 0. The van der Waals surface area contributed by atoms with Crippen molar-refractivity contribution in [1.29, 1.82) is 5.26 Å². The van der Waals surface area contributed by atoms with Gasteiger partial charge in [0, 0.05) is 12.1 Å². The highest BCUT2D eigenvalue weighted by molar-refractivity contribution is 4.85. The van der Waals surface area contributed by atoms with Crippen LogP contribution in [0.1, 0.15) is 39.5 Å². The maximum atomic E-state index is 8.49. The zero-order valence-corrected chi connectivity index (χ0v) is 8.01. The van der Waals surface area contributed by atoms with Gasteiger partial charge in [-0.05, 0) is 25.7 Å². The second-order valence-corrected chi connectivity index (χ2v) is 3.94. The SMILES string of the molecule is CC(CC#N)NC1CCCC1C. The lowest BCUT2D eigenvalue weighted by Crippen LogP contribution is -2.37. The third-order valence-electron chi connectivity index (χ3n) is 2.76. The van der Waals surface area contributed by atoms with Gasteiger partial charge in [-0.2, -0.15) is 5.26 Å². The van der Waals surface area contributed by atoms with Crippen molar-refractivity contribution < 1.29 is 0 Å². The van der Waals surface area contributed by atoms with E-state index < -0.39 is 0 Å². The van der Waals surface area contributed by atoms with Crippen molar-refractivity contribution in [3.63, 3.8) is 0 Å². The van der Waals surface area contributed by atoms with Crippen molar-refractivity contribution in [1.82, 2.24) is 5.32 Å². The predicted molar refractivity (Wildman–Crippen MR) is 49.6 cm³/mol. The van der Waals surface area contributed by atoms with E-state index in [0.717, 1.165) is 5.92 Å². The van der Waals surface area contributed by atoms with E-state index in [1.54, 1.807) is 0 Å². The Labute approximate surface area is 75.0 Å². The number of hydrogen-bond acceptors (Lipinski definition) is 2. The van der Waals surface area contributed by atoms with Crippen molar-refractivity contribution in [2.45, 2.75) is 51.6 Å². The topological polar surface area (TPSA) is 35.8 Å². The van der Waals surface area contributed by atoms with Crippen molar-refractivity contribution in [2.24, 2.45) is 5.92 Å². The molecular formula is C10H18N2. The minimum atomic E-state index is 0.362. The van der Waals surface area contributed by atoms with Crippen LogP contribution in [0.5, 0.6) is 0 Å². The summed E-state index contributed by atoms with van der Waals surface area (Å²) in [7, 11) is 0. The van der Waals surface area contributed by atoms with Gasteiger partial charge in [-0.1, -0.05) is 13.3 Å². The van der Waals surface area contributed by atoms with Gasteiger partial charge in [0.05, 0.1) is 12.5 Å². The lowest BCUT2D eigenvalue weighted by atomic mass is 10.1. The van der Waals surface area contributed by atoms with Crippen LogP contribution in [0, 0.1) is 17.2 Å². The Morgan fingerprint density at radius 2 is 2.33 bits per heavy atom. The lowest BCUT2D eigenvalue weighted by molar-refractivity contribution is 0.385. The second kappa shape index (κ2) is 4.47. The monoisotopic (exact) mass is 166 g/mol. The molecule has 2 heteroatoms. The molecule has 0 aliphatic heterocycles. The van der Waals surface area contributed by atoms with Gasteiger partial charge in [-0.25, -0.2) is 0 Å². The zero-order chi connectivity index (χ0) is 8.97. The quantitative estimate of drug-likeness (QED) is 0.696. The summed E-state index contributed by atoms with van der Waals surface area (Å²) >= 11 is 0. The van der Waals surface area contributed by atoms with E-state index in [0.29, 0.717) is 18.5 Å². The van der Waals surface area contributed by atoms with Crippen LogP contribution >= 0.6 is 0 Å². The summed E-state index contributed by atoms with van der Waals surface area (Å²) in [5.41, 5.74) is 0. The highest BCUT2D eigenvalue weighted by Gasteiger charge is 2.23. The minimum Gasteiger partial charge on any atom is -0.310 e. The maximum Gasteiger partial charge on any atom is 0.0638 e. The summed E-state index contributed by atoms with van der Waals surface area (Å²) in [6.45, 7) is 4.39. The molecule has 12 heavy (non-hydrogen) atoms. The predicted octanol–water partition coefficient (Wildman–Crippen LogP) is 2.07. The molecule has 0 aromatic rings. The largest absolute Gasteiger partial charge is 0.310 e. The standard InChI is InChI=1S/C10H18N2/c1-8-4-3-5-10(8)12-9(2)6-7-11/h8-10,12H,3-6H2,1-2H3. The Kier molecular flexibility index (Phi) is 3.55. The van der Waals surface area contributed by atoms with E-state index in [4.69, 9.17) is 5.26 Å². The number of nitriles is 1. The number of nitrogens with zero attached hydrogens (tertiary/aromatic N) is 1. The Hall–Kier alpha value is -0.550. The van der Waals surface area contributed by atoms with Crippen molar-refractivity contribution in [2.75, 3.05) is 0 Å². The number of hydrogen-bond donors (Lipinski definition) is 1. The molecule has 1 aliphatic carbocycles. The second-order valence-electron chi connectivity index (χ2n) is 3.94. The lowest BCUT2D eigenvalue weighted by Gasteiger charge is -2.20. The first-order valence-electron chi connectivity index (χ1n) is 4.87. The van der Waals surface area contributed by atoms with Gasteiger partial charge in [0.1, 0.15) is 0 Å². The fourth-order valence-corrected chi connectivity index (χ4v) is 1.95. The summed E-state index contributed by atoms with van der Waals surface area (Å²) in [5, 5.41) is 12.0. The van der Waals surface area contributed by atoms with Gasteiger partial charge >= 0.3 is 0 Å². The third-order valence-corrected chi connectivity index (χ3v) is 2.76. The molecule has 0 aromatic carbocycles. The molecule has 0 saturated heterocycles. The highest BCUT2D eigenvalue weighted by Crippen LogP contribution is 2.25. The first-order chi connectivity index (χ1) is 5.74. The minimum absolute atomic E-state index is 0.362. The van der Waals surface area contributed by atoms with Crippen LogP contribution < -0.4 is 5.32 Å². The average Bonchev–Trinajstić information content (AvgIpc) is 2.37. The van der Waals surface area contributed by atoms with Crippen LogP contribution in [0.25, 0.3) is 0 Å². The summed E-state index contributed by atoms with van der Waals surface area (Å²) < 4.78 is 0. The number of rotatable bonds is 3. The fraction of sp³-hybridized carbons (Fsp3) is 0.900. The van der Waals surface area contributed by atoms with E-state index in [9.17, 15) is 0 Å². The van der Waals surface area contributed by atoms with Crippen molar-refractivity contribution in [3.05, 3.63) is 0 Å². The van der Waals surface area contributed by atoms with Crippen LogP contribution in [0.3, 0.4) is 0 Å². The van der Waals surface area contributed by atoms with Gasteiger partial charge in [-0.15, -0.1) is 0 Å². The zero-order valence-electron chi connectivity index (χ0n) is 8.01. The molecule has 0 heterocycles. The van der Waals surface area contributed by atoms with Gasteiger partial charge in [0.2, 0.25) is 0 Å². The summed E-state index contributed by atoms with van der Waals surface area (Å²) in [6.07, 6.45) is 4.61. The Morgan fingerprint density at radius 3 is 2.83 bits per heavy atom. The van der Waals surface area contributed by atoms with Crippen molar-refractivity contribution in [3.8, 4) is 6.07 Å². The van der Waals surface area contributed by atoms with Crippen LogP contribution in [0.2, 0.25) is 0 Å².